The molecule has 5 rings (SSSR count). The van der Waals surface area contributed by atoms with Crippen LogP contribution < -0.4 is 16.0 Å². The standard InChI is InChI=1S/C27H28F2N4O2/c1-15(2)23-14-33(9-10-35-23)18-4-6-20(22(28)12-18)21-13-32-26(30)24(25(21)29)17-3-5-19-16(11-17)7-8-31-27(19)34/h3-6,11-13,15,23H,7-10,14H2,1-2H3,(H2,30,32)(H,31,34)/t23-/m0/s1. The van der Waals surface area contributed by atoms with E-state index in [1.807, 2.05) is 0 Å². The molecule has 0 spiro atoms. The zero-order valence-corrected chi connectivity index (χ0v) is 19.8. The van der Waals surface area contributed by atoms with E-state index in [2.05, 4.69) is 29.0 Å². The molecule has 2 aromatic carbocycles. The summed E-state index contributed by atoms with van der Waals surface area (Å²) in [6, 6.07) is 9.89. The van der Waals surface area contributed by atoms with Crippen molar-refractivity contribution in [2.45, 2.75) is 26.4 Å². The summed E-state index contributed by atoms with van der Waals surface area (Å²) in [6.07, 6.45) is 1.98. The molecule has 3 aromatic rings. The van der Waals surface area contributed by atoms with Crippen LogP contribution >= 0.6 is 0 Å². The average molecular weight is 479 g/mol. The fraction of sp³-hybridized carbons (Fsp3) is 0.333. The predicted molar refractivity (Wildman–Crippen MR) is 132 cm³/mol. The van der Waals surface area contributed by atoms with Gasteiger partial charge in [-0.3, -0.25) is 4.79 Å². The SMILES string of the molecule is CC(C)[C@@H]1CN(c2ccc(-c3cnc(N)c(-c4ccc5c(c4)CCNC5=O)c3F)c(F)c2)CCO1. The van der Waals surface area contributed by atoms with Crippen molar-refractivity contribution in [3.05, 3.63) is 65.4 Å². The first-order valence-electron chi connectivity index (χ1n) is 11.9. The number of nitrogens with zero attached hydrogens (tertiary/aromatic N) is 2. The number of morpholine rings is 1. The minimum Gasteiger partial charge on any atom is -0.383 e. The Morgan fingerprint density at radius 1 is 1.14 bits per heavy atom. The van der Waals surface area contributed by atoms with Crippen LogP contribution in [0.2, 0.25) is 0 Å². The maximum Gasteiger partial charge on any atom is 0.251 e. The molecule has 0 unspecified atom stereocenters. The molecule has 1 aromatic heterocycles. The lowest BCUT2D eigenvalue weighted by molar-refractivity contribution is 0.0114. The Hall–Kier alpha value is -3.52. The van der Waals surface area contributed by atoms with Crippen LogP contribution in [0.1, 0.15) is 29.8 Å². The Labute approximate surface area is 203 Å². The molecule has 0 saturated carbocycles. The number of aromatic nitrogens is 1. The van der Waals surface area contributed by atoms with Gasteiger partial charge in [0.2, 0.25) is 0 Å². The van der Waals surface area contributed by atoms with Crippen LogP contribution in [-0.2, 0) is 11.2 Å². The third-order valence-electron chi connectivity index (χ3n) is 6.81. The number of nitrogen functional groups attached to an aromatic ring is 1. The van der Waals surface area contributed by atoms with Gasteiger partial charge in [-0.1, -0.05) is 26.0 Å². The highest BCUT2D eigenvalue weighted by molar-refractivity contribution is 5.97. The second-order valence-electron chi connectivity index (χ2n) is 9.39. The van der Waals surface area contributed by atoms with Gasteiger partial charge in [0.25, 0.3) is 5.91 Å². The summed E-state index contributed by atoms with van der Waals surface area (Å²) >= 11 is 0. The second kappa shape index (κ2) is 9.26. The summed E-state index contributed by atoms with van der Waals surface area (Å²) < 4.78 is 36.9. The third-order valence-corrected chi connectivity index (χ3v) is 6.81. The monoisotopic (exact) mass is 478 g/mol. The van der Waals surface area contributed by atoms with Gasteiger partial charge >= 0.3 is 0 Å². The molecular formula is C27H28F2N4O2. The zero-order chi connectivity index (χ0) is 24.7. The number of fused-ring (bicyclic) bond motifs is 1. The smallest absolute Gasteiger partial charge is 0.251 e. The minimum atomic E-state index is -0.643. The first-order chi connectivity index (χ1) is 16.8. The number of carbonyl (C=O) groups excluding carboxylic acids is 1. The van der Waals surface area contributed by atoms with Gasteiger partial charge in [-0.25, -0.2) is 13.8 Å². The predicted octanol–water partition coefficient (Wildman–Crippen LogP) is 4.42. The van der Waals surface area contributed by atoms with E-state index in [0.29, 0.717) is 49.7 Å². The molecule has 0 bridgehead atoms. The van der Waals surface area contributed by atoms with Crippen LogP contribution in [-0.4, -0.2) is 43.2 Å². The minimum absolute atomic E-state index is 0.0107. The van der Waals surface area contributed by atoms with Gasteiger partial charge in [0.15, 0.2) is 0 Å². The highest BCUT2D eigenvalue weighted by atomic mass is 19.1. The molecule has 0 radical (unpaired) electrons. The molecule has 1 amide bonds. The van der Waals surface area contributed by atoms with Crippen molar-refractivity contribution in [2.24, 2.45) is 5.92 Å². The molecule has 2 aliphatic heterocycles. The van der Waals surface area contributed by atoms with Gasteiger partial charge in [0, 0.05) is 48.2 Å². The second-order valence-corrected chi connectivity index (χ2v) is 9.39. The van der Waals surface area contributed by atoms with Crippen LogP contribution in [0.4, 0.5) is 20.3 Å². The number of amides is 1. The van der Waals surface area contributed by atoms with Gasteiger partial charge in [0.1, 0.15) is 17.5 Å². The summed E-state index contributed by atoms with van der Waals surface area (Å²) in [5.41, 5.74) is 8.94. The van der Waals surface area contributed by atoms with Gasteiger partial charge in [-0.05, 0) is 47.7 Å². The van der Waals surface area contributed by atoms with Crippen molar-refractivity contribution in [1.29, 1.82) is 0 Å². The topological polar surface area (TPSA) is 80.5 Å². The van der Waals surface area contributed by atoms with Gasteiger partial charge in [0.05, 0.1) is 18.3 Å². The van der Waals surface area contributed by atoms with Gasteiger partial charge in [-0.15, -0.1) is 0 Å². The van der Waals surface area contributed by atoms with Crippen LogP contribution in [0.25, 0.3) is 22.3 Å². The Bertz CT molecular complexity index is 1290. The summed E-state index contributed by atoms with van der Waals surface area (Å²) in [4.78, 5) is 18.3. The molecular weight excluding hydrogens is 450 g/mol. The van der Waals surface area contributed by atoms with E-state index >= 15 is 8.78 Å². The highest BCUT2D eigenvalue weighted by Crippen LogP contribution is 2.37. The van der Waals surface area contributed by atoms with Crippen molar-refractivity contribution >= 4 is 17.4 Å². The summed E-state index contributed by atoms with van der Waals surface area (Å²) in [7, 11) is 0. The largest absolute Gasteiger partial charge is 0.383 e. The number of hydrogen-bond donors (Lipinski definition) is 2. The lowest BCUT2D eigenvalue weighted by atomic mass is 9.93. The zero-order valence-electron chi connectivity index (χ0n) is 19.8. The lowest BCUT2D eigenvalue weighted by Gasteiger charge is -2.36. The summed E-state index contributed by atoms with van der Waals surface area (Å²) in [5, 5.41) is 2.79. The number of nitrogens with one attached hydrogen (secondary N) is 1. The van der Waals surface area contributed by atoms with E-state index in [-0.39, 0.29) is 34.5 Å². The Balaban J connectivity index is 1.50. The molecule has 3 N–H and O–H groups in total. The van der Waals surface area contributed by atoms with Crippen molar-refractivity contribution in [1.82, 2.24) is 10.3 Å². The number of ether oxygens (including phenoxy) is 1. The average Bonchev–Trinajstić information content (AvgIpc) is 2.85. The number of anilines is 2. The molecule has 1 fully saturated rings. The number of pyridine rings is 1. The van der Waals surface area contributed by atoms with Gasteiger partial charge < -0.3 is 20.7 Å². The molecule has 35 heavy (non-hydrogen) atoms. The van der Waals surface area contributed by atoms with Crippen molar-refractivity contribution < 1.29 is 18.3 Å². The van der Waals surface area contributed by atoms with Crippen LogP contribution in [0.3, 0.4) is 0 Å². The van der Waals surface area contributed by atoms with E-state index in [4.69, 9.17) is 10.5 Å². The third kappa shape index (κ3) is 4.34. The molecule has 1 atom stereocenters. The summed E-state index contributed by atoms with van der Waals surface area (Å²) in [5.74, 6) is -0.964. The number of halogens is 2. The maximum atomic E-state index is 15.8. The van der Waals surface area contributed by atoms with E-state index in [1.165, 1.54) is 12.3 Å². The Morgan fingerprint density at radius 3 is 2.71 bits per heavy atom. The number of benzene rings is 2. The van der Waals surface area contributed by atoms with Gasteiger partial charge in [-0.2, -0.15) is 0 Å². The molecule has 0 aliphatic carbocycles. The Kier molecular flexibility index (Phi) is 6.15. The molecule has 1 saturated heterocycles. The maximum absolute atomic E-state index is 15.8. The molecule has 3 heterocycles. The molecule has 8 heteroatoms. The fourth-order valence-electron chi connectivity index (χ4n) is 4.78. The molecule has 182 valence electrons. The van der Waals surface area contributed by atoms with Crippen LogP contribution in [0.5, 0.6) is 0 Å². The van der Waals surface area contributed by atoms with Crippen LogP contribution in [0, 0.1) is 17.6 Å². The number of carbonyl (C=O) groups is 1. The molecule has 6 nitrogen and oxygen atoms in total. The van der Waals surface area contributed by atoms with E-state index in [1.54, 1.807) is 30.3 Å². The van der Waals surface area contributed by atoms with E-state index < -0.39 is 11.6 Å². The fourth-order valence-corrected chi connectivity index (χ4v) is 4.78. The lowest BCUT2D eigenvalue weighted by Crippen LogP contribution is -2.44. The van der Waals surface area contributed by atoms with E-state index in [9.17, 15) is 4.79 Å². The van der Waals surface area contributed by atoms with Crippen molar-refractivity contribution in [3.63, 3.8) is 0 Å². The normalized spacial score (nSPS) is 17.9. The Morgan fingerprint density at radius 2 is 1.94 bits per heavy atom. The number of hydrogen-bond acceptors (Lipinski definition) is 5. The number of rotatable bonds is 4. The van der Waals surface area contributed by atoms with Crippen LogP contribution in [0.15, 0.2) is 42.6 Å². The van der Waals surface area contributed by atoms with Crippen molar-refractivity contribution in [2.75, 3.05) is 36.9 Å². The molecule has 2 aliphatic rings. The van der Waals surface area contributed by atoms with E-state index in [0.717, 1.165) is 11.3 Å². The highest BCUT2D eigenvalue weighted by Gasteiger charge is 2.25. The summed E-state index contributed by atoms with van der Waals surface area (Å²) in [6.45, 7) is 6.64. The first kappa shape index (κ1) is 23.2. The number of nitrogens with two attached hydrogens (primary N) is 1. The first-order valence-corrected chi connectivity index (χ1v) is 11.9. The quantitative estimate of drug-likeness (QED) is 0.580. The van der Waals surface area contributed by atoms with Crippen molar-refractivity contribution in [3.8, 4) is 22.3 Å².